The molecule has 1 aliphatic heterocycles. The molecule has 5 nitrogen and oxygen atoms in total. The number of nitrogens with zero attached hydrogens (tertiary/aromatic N) is 1. The van der Waals surface area contributed by atoms with E-state index in [9.17, 15) is 10.1 Å². The van der Waals surface area contributed by atoms with Crippen molar-refractivity contribution in [1.82, 2.24) is 0 Å². The first kappa shape index (κ1) is 11.4. The van der Waals surface area contributed by atoms with E-state index in [1.54, 1.807) is 24.3 Å². The fraction of sp³-hybridized carbons (Fsp3) is 0.333. The lowest BCUT2D eigenvalue weighted by Gasteiger charge is -1.99. The second-order valence-corrected chi connectivity index (χ2v) is 3.76. The predicted molar refractivity (Wildman–Crippen MR) is 62.4 cm³/mol. The van der Waals surface area contributed by atoms with E-state index in [1.165, 1.54) is 0 Å². The van der Waals surface area contributed by atoms with Crippen molar-refractivity contribution in [3.8, 4) is 11.5 Å². The zero-order valence-electron chi connectivity index (χ0n) is 9.51. The molecule has 1 heterocycles. The molecule has 0 atom stereocenters. The SMILES string of the molecule is CCC/C(=C/c1ccc2c(c1)OCO2)[N+](=O)[O-]. The lowest BCUT2D eigenvalue weighted by molar-refractivity contribution is -0.426. The Kier molecular flexibility index (Phi) is 3.27. The first-order chi connectivity index (χ1) is 8.20. The summed E-state index contributed by atoms with van der Waals surface area (Å²) < 4.78 is 10.4. The molecular weight excluding hydrogens is 222 g/mol. The highest BCUT2D eigenvalue weighted by Crippen LogP contribution is 2.33. The number of ether oxygens (including phenoxy) is 2. The van der Waals surface area contributed by atoms with Gasteiger partial charge < -0.3 is 9.47 Å². The number of fused-ring (bicyclic) bond motifs is 1. The molecule has 1 aromatic rings. The Morgan fingerprint density at radius 2 is 2.24 bits per heavy atom. The summed E-state index contributed by atoms with van der Waals surface area (Å²) in [7, 11) is 0. The third-order valence-corrected chi connectivity index (χ3v) is 2.47. The van der Waals surface area contributed by atoms with Gasteiger partial charge in [-0.2, -0.15) is 0 Å². The predicted octanol–water partition coefficient (Wildman–Crippen LogP) is 2.83. The first-order valence-corrected chi connectivity index (χ1v) is 5.45. The smallest absolute Gasteiger partial charge is 0.246 e. The van der Waals surface area contributed by atoms with Crippen LogP contribution in [0.1, 0.15) is 25.3 Å². The standard InChI is InChI=1S/C12H13NO4/c1-2-3-10(13(14)15)6-9-4-5-11-12(7-9)17-8-16-11/h4-7H,2-3,8H2,1H3/b10-6-. The van der Waals surface area contributed by atoms with Gasteiger partial charge in [0.2, 0.25) is 12.5 Å². The largest absolute Gasteiger partial charge is 0.454 e. The van der Waals surface area contributed by atoms with Gasteiger partial charge in [0.05, 0.1) is 4.92 Å². The number of nitro groups is 1. The third kappa shape index (κ3) is 2.55. The van der Waals surface area contributed by atoms with Gasteiger partial charge in [0.1, 0.15) is 0 Å². The van der Waals surface area contributed by atoms with E-state index in [0.29, 0.717) is 17.9 Å². The average molecular weight is 235 g/mol. The van der Waals surface area contributed by atoms with Gasteiger partial charge in [-0.15, -0.1) is 0 Å². The zero-order valence-corrected chi connectivity index (χ0v) is 9.51. The van der Waals surface area contributed by atoms with E-state index in [2.05, 4.69) is 0 Å². The Hall–Kier alpha value is -2.04. The Bertz CT molecular complexity index is 468. The van der Waals surface area contributed by atoms with Crippen molar-refractivity contribution in [2.24, 2.45) is 0 Å². The minimum absolute atomic E-state index is 0.208. The fourth-order valence-electron chi connectivity index (χ4n) is 1.67. The number of benzene rings is 1. The molecule has 17 heavy (non-hydrogen) atoms. The molecule has 0 fully saturated rings. The molecule has 0 bridgehead atoms. The summed E-state index contributed by atoms with van der Waals surface area (Å²) in [6.45, 7) is 2.12. The molecule has 5 heteroatoms. The summed E-state index contributed by atoms with van der Waals surface area (Å²) in [6, 6.07) is 5.30. The van der Waals surface area contributed by atoms with Crippen LogP contribution in [0.2, 0.25) is 0 Å². The minimum Gasteiger partial charge on any atom is -0.454 e. The van der Waals surface area contributed by atoms with Crippen molar-refractivity contribution >= 4 is 6.08 Å². The Morgan fingerprint density at radius 3 is 2.94 bits per heavy atom. The maximum Gasteiger partial charge on any atom is 0.246 e. The van der Waals surface area contributed by atoms with Gasteiger partial charge in [0.25, 0.3) is 0 Å². The van der Waals surface area contributed by atoms with Crippen LogP contribution in [-0.2, 0) is 0 Å². The van der Waals surface area contributed by atoms with Crippen molar-refractivity contribution < 1.29 is 14.4 Å². The lowest BCUT2D eigenvalue weighted by Crippen LogP contribution is -1.97. The van der Waals surface area contributed by atoms with Crippen molar-refractivity contribution in [2.75, 3.05) is 6.79 Å². The van der Waals surface area contributed by atoms with Crippen LogP contribution in [0.4, 0.5) is 0 Å². The Labute approximate surface area is 98.8 Å². The van der Waals surface area contributed by atoms with E-state index in [4.69, 9.17) is 9.47 Å². The highest BCUT2D eigenvalue weighted by atomic mass is 16.7. The summed E-state index contributed by atoms with van der Waals surface area (Å²) >= 11 is 0. The van der Waals surface area contributed by atoms with E-state index in [1.807, 2.05) is 6.92 Å². The van der Waals surface area contributed by atoms with Crippen molar-refractivity contribution in [3.63, 3.8) is 0 Å². The van der Waals surface area contributed by atoms with Crippen LogP contribution in [0.5, 0.6) is 11.5 Å². The molecule has 0 saturated heterocycles. The molecule has 0 N–H and O–H groups in total. The third-order valence-electron chi connectivity index (χ3n) is 2.47. The second kappa shape index (κ2) is 4.86. The molecule has 0 amide bonds. The normalized spacial score (nSPS) is 13.8. The van der Waals surface area contributed by atoms with Crippen LogP contribution in [0.15, 0.2) is 23.9 Å². The highest BCUT2D eigenvalue weighted by molar-refractivity contribution is 5.57. The molecule has 1 aromatic carbocycles. The van der Waals surface area contributed by atoms with Crippen LogP contribution in [0.25, 0.3) is 6.08 Å². The summed E-state index contributed by atoms with van der Waals surface area (Å²) in [4.78, 5) is 10.5. The van der Waals surface area contributed by atoms with E-state index in [-0.39, 0.29) is 17.4 Å². The summed E-state index contributed by atoms with van der Waals surface area (Å²) in [5.41, 5.74) is 0.973. The monoisotopic (exact) mass is 235 g/mol. The van der Waals surface area contributed by atoms with Crippen LogP contribution in [0.3, 0.4) is 0 Å². The molecule has 2 rings (SSSR count). The van der Waals surface area contributed by atoms with Gasteiger partial charge in [-0.3, -0.25) is 10.1 Å². The van der Waals surface area contributed by atoms with Gasteiger partial charge in [0.15, 0.2) is 11.5 Å². The maximum absolute atomic E-state index is 10.8. The minimum atomic E-state index is -0.339. The van der Waals surface area contributed by atoms with Crippen molar-refractivity contribution in [2.45, 2.75) is 19.8 Å². The maximum atomic E-state index is 10.8. The topological polar surface area (TPSA) is 61.6 Å². The summed E-state index contributed by atoms with van der Waals surface area (Å²) in [5.74, 6) is 1.32. The van der Waals surface area contributed by atoms with Crippen molar-refractivity contribution in [3.05, 3.63) is 39.6 Å². The van der Waals surface area contributed by atoms with Gasteiger partial charge in [-0.25, -0.2) is 0 Å². The van der Waals surface area contributed by atoms with Gasteiger partial charge in [0, 0.05) is 12.5 Å². The van der Waals surface area contributed by atoms with E-state index < -0.39 is 0 Å². The molecular formula is C12H13NO4. The lowest BCUT2D eigenvalue weighted by atomic mass is 10.1. The van der Waals surface area contributed by atoms with Crippen LogP contribution < -0.4 is 9.47 Å². The van der Waals surface area contributed by atoms with E-state index in [0.717, 1.165) is 12.0 Å². The zero-order chi connectivity index (χ0) is 12.3. The Balaban J connectivity index is 2.27. The number of allylic oxidation sites excluding steroid dienone is 1. The molecule has 0 radical (unpaired) electrons. The van der Waals surface area contributed by atoms with Gasteiger partial charge >= 0.3 is 0 Å². The van der Waals surface area contributed by atoms with E-state index >= 15 is 0 Å². The molecule has 0 saturated carbocycles. The van der Waals surface area contributed by atoms with Crippen LogP contribution in [0, 0.1) is 10.1 Å². The quantitative estimate of drug-likeness (QED) is 0.594. The first-order valence-electron chi connectivity index (χ1n) is 5.45. The number of hydrogen-bond acceptors (Lipinski definition) is 4. The summed E-state index contributed by atoms with van der Waals surface area (Å²) in [6.07, 6.45) is 2.78. The fourth-order valence-corrected chi connectivity index (χ4v) is 1.67. The Morgan fingerprint density at radius 1 is 1.47 bits per heavy atom. The number of hydrogen-bond donors (Lipinski definition) is 0. The highest BCUT2D eigenvalue weighted by Gasteiger charge is 2.14. The van der Waals surface area contributed by atoms with Crippen LogP contribution in [-0.4, -0.2) is 11.7 Å². The van der Waals surface area contributed by atoms with Gasteiger partial charge in [-0.05, 0) is 24.1 Å². The molecule has 90 valence electrons. The van der Waals surface area contributed by atoms with Crippen molar-refractivity contribution in [1.29, 1.82) is 0 Å². The van der Waals surface area contributed by atoms with Crippen LogP contribution >= 0.6 is 0 Å². The molecule has 0 unspecified atom stereocenters. The second-order valence-electron chi connectivity index (χ2n) is 3.76. The summed E-state index contributed by atoms with van der Waals surface area (Å²) in [5, 5.41) is 10.8. The molecule has 0 aliphatic carbocycles. The average Bonchev–Trinajstić information content (AvgIpc) is 2.75. The molecule has 0 spiro atoms. The van der Waals surface area contributed by atoms with Gasteiger partial charge in [-0.1, -0.05) is 13.0 Å². The molecule has 0 aromatic heterocycles. The molecule has 1 aliphatic rings. The number of rotatable bonds is 4.